The summed E-state index contributed by atoms with van der Waals surface area (Å²) in [6.07, 6.45) is 0.211. The van der Waals surface area contributed by atoms with E-state index in [4.69, 9.17) is 20.8 Å². The Bertz CT molecular complexity index is 808. The number of aliphatic hydroxyl groups excluding tert-OH is 1. The van der Waals surface area contributed by atoms with Crippen molar-refractivity contribution >= 4 is 19.9 Å². The Morgan fingerprint density at radius 2 is 1.80 bits per heavy atom. The topological polar surface area (TPSA) is 50.7 Å². The van der Waals surface area contributed by atoms with Gasteiger partial charge in [0.1, 0.15) is 0 Å². The molecule has 30 heavy (non-hydrogen) atoms. The van der Waals surface area contributed by atoms with Gasteiger partial charge in [-0.3, -0.25) is 5.32 Å². The molecule has 0 fully saturated rings. The SMILES string of the molecule is C=C[C@H](NC(O)OCc1ccccc1)[C@@H](O[Si](C)(C)C(C)(C)C)c1cccc(Cl)c1. The van der Waals surface area contributed by atoms with Gasteiger partial charge in [0.25, 0.3) is 0 Å². The maximum absolute atomic E-state index is 10.5. The summed E-state index contributed by atoms with van der Waals surface area (Å²) < 4.78 is 12.3. The van der Waals surface area contributed by atoms with Crippen LogP contribution in [0.3, 0.4) is 0 Å². The molecule has 0 aliphatic rings. The third kappa shape index (κ3) is 7.05. The molecule has 2 aromatic carbocycles. The molecule has 0 saturated carbocycles. The Morgan fingerprint density at radius 1 is 1.13 bits per heavy atom. The van der Waals surface area contributed by atoms with Crippen LogP contribution in [0.2, 0.25) is 23.2 Å². The second-order valence-electron chi connectivity index (χ2n) is 8.93. The fourth-order valence-electron chi connectivity index (χ4n) is 2.77. The first-order valence-corrected chi connectivity index (χ1v) is 13.5. The van der Waals surface area contributed by atoms with Crippen molar-refractivity contribution < 1.29 is 14.3 Å². The number of hydrogen-bond donors (Lipinski definition) is 2. The van der Waals surface area contributed by atoms with Crippen LogP contribution in [0.1, 0.15) is 38.0 Å². The largest absolute Gasteiger partial charge is 0.408 e. The molecular formula is C24H34ClNO3Si. The first-order chi connectivity index (χ1) is 14.0. The van der Waals surface area contributed by atoms with E-state index in [-0.39, 0.29) is 17.2 Å². The van der Waals surface area contributed by atoms with Crippen LogP contribution in [0.4, 0.5) is 0 Å². The molecule has 4 nitrogen and oxygen atoms in total. The van der Waals surface area contributed by atoms with E-state index in [1.54, 1.807) is 6.08 Å². The minimum Gasteiger partial charge on any atom is -0.408 e. The van der Waals surface area contributed by atoms with E-state index in [0.29, 0.717) is 11.6 Å². The third-order valence-corrected chi connectivity index (χ3v) is 10.3. The lowest BCUT2D eigenvalue weighted by Gasteiger charge is -2.41. The Labute approximate surface area is 187 Å². The fraction of sp³-hybridized carbons (Fsp3) is 0.417. The molecular weight excluding hydrogens is 414 g/mol. The van der Waals surface area contributed by atoms with Gasteiger partial charge in [0, 0.05) is 5.02 Å². The standard InChI is InChI=1S/C24H34ClNO3Si/c1-7-21(26-23(27)28-17-18-12-9-8-10-13-18)22(19-14-11-15-20(25)16-19)29-30(5,6)24(2,3)4/h7-16,21-23,26-27H,1,17H2,2-6H3/t21-,22-,23?/m0/s1. The van der Waals surface area contributed by atoms with E-state index >= 15 is 0 Å². The van der Waals surface area contributed by atoms with Crippen LogP contribution < -0.4 is 5.32 Å². The smallest absolute Gasteiger partial charge is 0.214 e. The fourth-order valence-corrected chi connectivity index (χ4v) is 4.24. The summed E-state index contributed by atoms with van der Waals surface area (Å²) in [6.45, 7) is 15.3. The van der Waals surface area contributed by atoms with Crippen molar-refractivity contribution in [2.45, 2.75) is 64.1 Å². The molecule has 164 valence electrons. The monoisotopic (exact) mass is 447 g/mol. The molecule has 6 heteroatoms. The van der Waals surface area contributed by atoms with Crippen LogP contribution in [-0.4, -0.2) is 25.9 Å². The number of nitrogens with one attached hydrogen (secondary N) is 1. The van der Waals surface area contributed by atoms with Gasteiger partial charge in [-0.15, -0.1) is 6.58 Å². The minimum atomic E-state index is -2.12. The van der Waals surface area contributed by atoms with Gasteiger partial charge in [-0.25, -0.2) is 0 Å². The van der Waals surface area contributed by atoms with Crippen molar-refractivity contribution in [2.75, 3.05) is 0 Å². The molecule has 0 aliphatic carbocycles. The zero-order chi connectivity index (χ0) is 22.4. The summed E-state index contributed by atoms with van der Waals surface area (Å²) in [7, 11) is -2.12. The number of hydrogen-bond acceptors (Lipinski definition) is 4. The summed E-state index contributed by atoms with van der Waals surface area (Å²) in [5, 5.41) is 14.2. The van der Waals surface area contributed by atoms with Crippen LogP contribution in [0.25, 0.3) is 0 Å². The van der Waals surface area contributed by atoms with Crippen LogP contribution in [0, 0.1) is 0 Å². The highest BCUT2D eigenvalue weighted by atomic mass is 35.5. The Hall–Kier alpha value is -1.47. The summed E-state index contributed by atoms with van der Waals surface area (Å²) >= 11 is 6.26. The number of benzene rings is 2. The molecule has 0 saturated heterocycles. The highest BCUT2D eigenvalue weighted by molar-refractivity contribution is 6.74. The Balaban J connectivity index is 2.20. The van der Waals surface area contributed by atoms with Crippen molar-refractivity contribution in [1.29, 1.82) is 0 Å². The number of ether oxygens (including phenoxy) is 1. The molecule has 0 bridgehead atoms. The molecule has 0 aromatic heterocycles. The van der Waals surface area contributed by atoms with Crippen LogP contribution in [0.15, 0.2) is 67.3 Å². The van der Waals surface area contributed by atoms with Crippen molar-refractivity contribution in [3.8, 4) is 0 Å². The second-order valence-corrected chi connectivity index (χ2v) is 14.1. The maximum Gasteiger partial charge on any atom is 0.214 e. The lowest BCUT2D eigenvalue weighted by atomic mass is 10.0. The number of halogens is 1. The van der Waals surface area contributed by atoms with E-state index in [1.165, 1.54) is 0 Å². The van der Waals surface area contributed by atoms with Gasteiger partial charge < -0.3 is 14.3 Å². The minimum absolute atomic E-state index is 0.0258. The predicted molar refractivity (Wildman–Crippen MR) is 127 cm³/mol. The van der Waals surface area contributed by atoms with Gasteiger partial charge in [0.2, 0.25) is 6.41 Å². The Morgan fingerprint density at radius 3 is 2.37 bits per heavy atom. The zero-order valence-corrected chi connectivity index (χ0v) is 20.3. The van der Waals surface area contributed by atoms with E-state index in [0.717, 1.165) is 11.1 Å². The van der Waals surface area contributed by atoms with Crippen LogP contribution >= 0.6 is 11.6 Å². The van der Waals surface area contributed by atoms with E-state index < -0.39 is 14.7 Å². The van der Waals surface area contributed by atoms with Gasteiger partial charge in [-0.05, 0) is 41.4 Å². The van der Waals surface area contributed by atoms with Crippen molar-refractivity contribution in [3.05, 3.63) is 83.4 Å². The number of aliphatic hydroxyl groups is 1. The Kier molecular flexibility index (Phi) is 8.85. The zero-order valence-electron chi connectivity index (χ0n) is 18.6. The van der Waals surface area contributed by atoms with Gasteiger partial charge in [0.15, 0.2) is 8.32 Å². The van der Waals surface area contributed by atoms with Crippen molar-refractivity contribution in [2.24, 2.45) is 0 Å². The molecule has 0 radical (unpaired) electrons. The summed E-state index contributed by atoms with van der Waals surface area (Å²) in [4.78, 5) is 0. The molecule has 2 N–H and O–H groups in total. The lowest BCUT2D eigenvalue weighted by Crippen LogP contribution is -2.48. The molecule has 1 unspecified atom stereocenters. The maximum atomic E-state index is 10.5. The van der Waals surface area contributed by atoms with Gasteiger partial charge in [0.05, 0.1) is 18.8 Å². The summed E-state index contributed by atoms with van der Waals surface area (Å²) in [6, 6.07) is 17.0. The normalized spacial score (nSPS) is 15.4. The molecule has 2 rings (SSSR count). The van der Waals surface area contributed by atoms with E-state index in [9.17, 15) is 5.11 Å². The molecule has 0 aliphatic heterocycles. The van der Waals surface area contributed by atoms with Gasteiger partial charge in [-0.2, -0.15) is 0 Å². The third-order valence-electron chi connectivity index (χ3n) is 5.57. The highest BCUT2D eigenvalue weighted by Crippen LogP contribution is 2.41. The summed E-state index contributed by atoms with van der Waals surface area (Å²) in [5.74, 6) is 0. The quantitative estimate of drug-likeness (QED) is 0.265. The van der Waals surface area contributed by atoms with Crippen LogP contribution in [0.5, 0.6) is 0 Å². The summed E-state index contributed by atoms with van der Waals surface area (Å²) in [5.41, 5.74) is 1.91. The van der Waals surface area contributed by atoms with Gasteiger partial charge >= 0.3 is 0 Å². The first kappa shape index (κ1) is 24.8. The van der Waals surface area contributed by atoms with E-state index in [2.05, 4.69) is 45.8 Å². The molecule has 3 atom stereocenters. The second kappa shape index (κ2) is 10.7. The average molecular weight is 448 g/mol. The molecule has 0 spiro atoms. The molecule has 0 amide bonds. The van der Waals surface area contributed by atoms with Crippen molar-refractivity contribution in [1.82, 2.24) is 5.32 Å². The lowest BCUT2D eigenvalue weighted by molar-refractivity contribution is -0.136. The van der Waals surface area contributed by atoms with Crippen LogP contribution in [-0.2, 0) is 15.8 Å². The van der Waals surface area contributed by atoms with Gasteiger partial charge in [-0.1, -0.05) is 80.9 Å². The highest BCUT2D eigenvalue weighted by Gasteiger charge is 2.41. The average Bonchev–Trinajstić information content (AvgIpc) is 2.69. The first-order valence-electron chi connectivity index (χ1n) is 10.2. The molecule has 0 heterocycles. The van der Waals surface area contributed by atoms with E-state index in [1.807, 2.05) is 54.6 Å². The molecule has 2 aromatic rings. The predicted octanol–water partition coefficient (Wildman–Crippen LogP) is 6.04. The van der Waals surface area contributed by atoms with Crippen molar-refractivity contribution in [3.63, 3.8) is 0 Å². The number of rotatable bonds is 10.